The van der Waals surface area contributed by atoms with Gasteiger partial charge in [-0.25, -0.2) is 4.39 Å². The Morgan fingerprint density at radius 2 is 2.12 bits per heavy atom. The van der Waals surface area contributed by atoms with E-state index in [-0.39, 0.29) is 11.7 Å². The fourth-order valence-corrected chi connectivity index (χ4v) is 2.97. The zero-order valence-electron chi connectivity index (χ0n) is 13.8. The Morgan fingerprint density at radius 3 is 2.88 bits per heavy atom. The topological polar surface area (TPSA) is 71.8 Å². The second kappa shape index (κ2) is 7.48. The number of anilines is 1. The van der Waals surface area contributed by atoms with E-state index in [0.29, 0.717) is 31.1 Å². The van der Waals surface area contributed by atoms with Crippen LogP contribution in [0.3, 0.4) is 0 Å². The molecule has 132 valence electrons. The molecule has 0 spiro atoms. The number of amides is 2. The van der Waals surface area contributed by atoms with Crippen LogP contribution in [0.2, 0.25) is 0 Å². The second-order valence-corrected chi connectivity index (χ2v) is 5.83. The first-order valence-corrected chi connectivity index (χ1v) is 8.04. The maximum absolute atomic E-state index is 13.6. The number of hydrogen-bond donors (Lipinski definition) is 1. The summed E-state index contributed by atoms with van der Waals surface area (Å²) in [4.78, 5) is 26.2. The molecule has 1 aromatic carbocycles. The van der Waals surface area contributed by atoms with Crippen molar-refractivity contribution in [1.29, 1.82) is 0 Å². The first-order chi connectivity index (χ1) is 12.1. The average molecular weight is 346 g/mol. The van der Waals surface area contributed by atoms with Crippen LogP contribution in [0.5, 0.6) is 0 Å². The van der Waals surface area contributed by atoms with Crippen LogP contribution < -0.4 is 5.32 Å². The fourth-order valence-electron chi connectivity index (χ4n) is 2.97. The third kappa shape index (κ3) is 3.71. The normalized spacial score (nSPS) is 16.9. The lowest BCUT2D eigenvalue weighted by Crippen LogP contribution is -2.39. The van der Waals surface area contributed by atoms with E-state index in [1.165, 1.54) is 23.1 Å². The summed E-state index contributed by atoms with van der Waals surface area (Å²) in [5.74, 6) is -0.864. The van der Waals surface area contributed by atoms with Gasteiger partial charge in [-0.2, -0.15) is 0 Å². The van der Waals surface area contributed by atoms with Gasteiger partial charge in [0.25, 0.3) is 0 Å². The molecule has 25 heavy (non-hydrogen) atoms. The second-order valence-electron chi connectivity index (χ2n) is 5.83. The largest absolute Gasteiger partial charge is 0.461 e. The van der Waals surface area contributed by atoms with Gasteiger partial charge in [0.2, 0.25) is 0 Å². The van der Waals surface area contributed by atoms with Crippen molar-refractivity contribution in [3.63, 3.8) is 0 Å². The van der Waals surface area contributed by atoms with Gasteiger partial charge in [0, 0.05) is 13.7 Å². The smallest absolute Gasteiger partial charge is 0.314 e. The van der Waals surface area contributed by atoms with E-state index in [1.54, 1.807) is 25.3 Å². The molecule has 2 heterocycles. The highest BCUT2D eigenvalue weighted by Crippen LogP contribution is 2.33. The minimum atomic E-state index is -0.860. The molecule has 0 unspecified atom stereocenters. The average Bonchev–Trinajstić information content (AvgIpc) is 3.25. The molecule has 1 fully saturated rings. The molecule has 1 aliphatic rings. The first-order valence-electron chi connectivity index (χ1n) is 8.04. The number of nitrogens with zero attached hydrogens (tertiary/aromatic N) is 1. The van der Waals surface area contributed by atoms with Crippen LogP contribution >= 0.6 is 0 Å². The number of para-hydroxylation sites is 1. The maximum Gasteiger partial charge on any atom is 0.314 e. The number of halogens is 1. The highest BCUT2D eigenvalue weighted by molar-refractivity contribution is 6.39. The molecule has 7 heteroatoms. The van der Waals surface area contributed by atoms with Crippen LogP contribution in [0.4, 0.5) is 10.1 Å². The molecule has 2 amide bonds. The van der Waals surface area contributed by atoms with Crippen molar-refractivity contribution in [1.82, 2.24) is 4.90 Å². The zero-order chi connectivity index (χ0) is 17.8. The van der Waals surface area contributed by atoms with E-state index >= 15 is 0 Å². The standard InChI is InChI=1S/C18H19FN2O4/c1-24-11-12-8-9-16(25-12)15-7-4-10-21(15)18(23)17(22)20-14-6-3-2-5-13(14)19/h2-3,5-6,8-9,15H,4,7,10-11H2,1H3,(H,20,22)/t15-/m1/s1. The first kappa shape index (κ1) is 17.2. The van der Waals surface area contributed by atoms with Gasteiger partial charge in [-0.1, -0.05) is 12.1 Å². The van der Waals surface area contributed by atoms with Crippen molar-refractivity contribution in [2.75, 3.05) is 19.0 Å². The van der Waals surface area contributed by atoms with Gasteiger partial charge in [-0.3, -0.25) is 9.59 Å². The van der Waals surface area contributed by atoms with Crippen LogP contribution in [0.1, 0.15) is 30.4 Å². The minimum absolute atomic E-state index is 0.0167. The lowest BCUT2D eigenvalue weighted by molar-refractivity contribution is -0.144. The maximum atomic E-state index is 13.6. The van der Waals surface area contributed by atoms with E-state index in [0.717, 1.165) is 6.42 Å². The Labute approximate surface area is 144 Å². The summed E-state index contributed by atoms with van der Waals surface area (Å²) >= 11 is 0. The Bertz CT molecular complexity index is 774. The van der Waals surface area contributed by atoms with Crippen LogP contribution in [0.15, 0.2) is 40.8 Å². The summed E-state index contributed by atoms with van der Waals surface area (Å²) in [6.45, 7) is 0.795. The number of methoxy groups -OCH3 is 1. The lowest BCUT2D eigenvalue weighted by Gasteiger charge is -2.22. The minimum Gasteiger partial charge on any atom is -0.461 e. The van der Waals surface area contributed by atoms with Crippen molar-refractivity contribution < 1.29 is 23.1 Å². The third-order valence-electron chi connectivity index (χ3n) is 4.13. The SMILES string of the molecule is COCc1ccc([C@H]2CCCN2C(=O)C(=O)Nc2ccccc2F)o1. The fraction of sp³-hybridized carbons (Fsp3) is 0.333. The van der Waals surface area contributed by atoms with Crippen LogP contribution in [-0.4, -0.2) is 30.4 Å². The highest BCUT2D eigenvalue weighted by Gasteiger charge is 2.35. The molecule has 3 rings (SSSR count). The molecule has 1 saturated heterocycles. The summed E-state index contributed by atoms with van der Waals surface area (Å²) < 4.78 is 24.4. The number of likely N-dealkylation sites (tertiary alicyclic amines) is 1. The number of carbonyl (C=O) groups is 2. The molecular weight excluding hydrogens is 327 g/mol. The summed E-state index contributed by atoms with van der Waals surface area (Å²) in [6, 6.07) is 9.01. The predicted octanol–water partition coefficient (Wildman–Crippen LogP) is 2.87. The van der Waals surface area contributed by atoms with E-state index in [1.807, 2.05) is 0 Å². The number of hydrogen-bond acceptors (Lipinski definition) is 4. The molecule has 1 aliphatic heterocycles. The Kier molecular flexibility index (Phi) is 5.14. The highest BCUT2D eigenvalue weighted by atomic mass is 19.1. The lowest BCUT2D eigenvalue weighted by atomic mass is 10.1. The van der Waals surface area contributed by atoms with Gasteiger partial charge in [-0.05, 0) is 37.1 Å². The van der Waals surface area contributed by atoms with Crippen molar-refractivity contribution >= 4 is 17.5 Å². The number of nitrogens with one attached hydrogen (secondary N) is 1. The van der Waals surface area contributed by atoms with E-state index in [2.05, 4.69) is 5.32 Å². The molecule has 0 radical (unpaired) electrons. The molecule has 1 aromatic heterocycles. The van der Waals surface area contributed by atoms with Crippen LogP contribution in [0.25, 0.3) is 0 Å². The molecule has 0 saturated carbocycles. The summed E-state index contributed by atoms with van der Waals surface area (Å²) in [7, 11) is 1.57. The predicted molar refractivity (Wildman–Crippen MR) is 88.1 cm³/mol. The third-order valence-corrected chi connectivity index (χ3v) is 4.13. The Balaban J connectivity index is 1.71. The van der Waals surface area contributed by atoms with Crippen molar-refractivity contribution in [3.8, 4) is 0 Å². The molecule has 2 aromatic rings. The Morgan fingerprint density at radius 1 is 1.32 bits per heavy atom. The zero-order valence-corrected chi connectivity index (χ0v) is 13.8. The molecular formula is C18H19FN2O4. The summed E-state index contributed by atoms with van der Waals surface area (Å²) in [5, 5.41) is 2.33. The van der Waals surface area contributed by atoms with Gasteiger partial charge >= 0.3 is 11.8 Å². The van der Waals surface area contributed by atoms with Gasteiger partial charge < -0.3 is 19.4 Å². The van der Waals surface area contributed by atoms with Crippen molar-refractivity contribution in [3.05, 3.63) is 53.7 Å². The van der Waals surface area contributed by atoms with Crippen molar-refractivity contribution in [2.24, 2.45) is 0 Å². The summed E-state index contributed by atoms with van der Waals surface area (Å²) in [5.41, 5.74) is -0.0167. The Hall–Kier alpha value is -2.67. The van der Waals surface area contributed by atoms with E-state index in [9.17, 15) is 14.0 Å². The molecule has 1 atom stereocenters. The number of ether oxygens (including phenoxy) is 1. The summed E-state index contributed by atoms with van der Waals surface area (Å²) in [6.07, 6.45) is 1.47. The van der Waals surface area contributed by atoms with Crippen LogP contribution in [0, 0.1) is 5.82 Å². The van der Waals surface area contributed by atoms with Crippen LogP contribution in [-0.2, 0) is 20.9 Å². The van der Waals surface area contributed by atoms with E-state index in [4.69, 9.17) is 9.15 Å². The quantitative estimate of drug-likeness (QED) is 0.864. The van der Waals surface area contributed by atoms with Gasteiger partial charge in [-0.15, -0.1) is 0 Å². The monoisotopic (exact) mass is 346 g/mol. The number of carbonyl (C=O) groups excluding carboxylic acids is 2. The molecule has 1 N–H and O–H groups in total. The van der Waals surface area contributed by atoms with Crippen molar-refractivity contribution in [2.45, 2.75) is 25.5 Å². The molecule has 0 aliphatic carbocycles. The molecule has 6 nitrogen and oxygen atoms in total. The number of rotatable bonds is 4. The number of furan rings is 1. The van der Waals surface area contributed by atoms with Gasteiger partial charge in [0.15, 0.2) is 0 Å². The number of benzene rings is 1. The van der Waals surface area contributed by atoms with Gasteiger partial charge in [0.1, 0.15) is 23.9 Å². The van der Waals surface area contributed by atoms with E-state index < -0.39 is 17.6 Å². The van der Waals surface area contributed by atoms with Gasteiger partial charge in [0.05, 0.1) is 11.7 Å². The molecule has 0 bridgehead atoms.